The van der Waals surface area contributed by atoms with Crippen LogP contribution in [-0.2, 0) is 4.79 Å². The number of nitrogens with one attached hydrogen (secondary N) is 1. The van der Waals surface area contributed by atoms with Crippen molar-refractivity contribution in [2.24, 2.45) is 0 Å². The van der Waals surface area contributed by atoms with E-state index in [1.165, 1.54) is 5.56 Å². The maximum atomic E-state index is 10.6. The van der Waals surface area contributed by atoms with Crippen LogP contribution in [0.1, 0.15) is 5.56 Å². The summed E-state index contributed by atoms with van der Waals surface area (Å²) in [5.41, 5.74) is 1.20. The number of aryl methyl sites for hydroxylation is 1. The molecule has 0 amide bonds. The highest BCUT2D eigenvalue weighted by molar-refractivity contribution is 9.11. The first kappa shape index (κ1) is 20.2. The Bertz CT molecular complexity index is 458. The molecular weight excluding hydrogens is 423 g/mol. The maximum Gasteiger partial charge on any atom is 0.490 e. The van der Waals surface area contributed by atoms with E-state index < -0.39 is 12.1 Å². The van der Waals surface area contributed by atoms with Crippen molar-refractivity contribution >= 4 is 37.8 Å². The van der Waals surface area contributed by atoms with E-state index in [1.54, 1.807) is 0 Å². The molecule has 0 saturated carbocycles. The van der Waals surface area contributed by atoms with Gasteiger partial charge >= 0.3 is 12.1 Å². The molecule has 1 rings (SSSR count). The molecule has 0 aromatic heterocycles. The van der Waals surface area contributed by atoms with E-state index in [2.05, 4.69) is 37.2 Å². The van der Waals surface area contributed by atoms with Crippen molar-refractivity contribution in [3.05, 3.63) is 26.6 Å². The van der Waals surface area contributed by atoms with Crippen LogP contribution in [0.3, 0.4) is 0 Å². The topological polar surface area (TPSA) is 58.6 Å². The minimum absolute atomic E-state index is 0.663. The van der Waals surface area contributed by atoms with Crippen LogP contribution in [0.25, 0.3) is 0 Å². The molecule has 0 bridgehead atoms. The van der Waals surface area contributed by atoms with Gasteiger partial charge in [0.25, 0.3) is 0 Å². The van der Waals surface area contributed by atoms with Crippen LogP contribution >= 0.6 is 31.9 Å². The molecule has 120 valence electrons. The minimum Gasteiger partial charge on any atom is -0.490 e. The van der Waals surface area contributed by atoms with Gasteiger partial charge in [0.2, 0.25) is 0 Å². The quantitative estimate of drug-likeness (QED) is 0.705. The number of hydrogen-bond acceptors (Lipinski definition) is 3. The normalized spacial score (nSPS) is 10.6. The summed E-state index contributed by atoms with van der Waals surface area (Å²) in [4.78, 5) is 8.90. The Labute approximate surface area is 136 Å². The van der Waals surface area contributed by atoms with Crippen LogP contribution in [0.15, 0.2) is 21.1 Å². The maximum absolute atomic E-state index is 10.6. The third-order valence-corrected chi connectivity index (χ3v) is 3.16. The van der Waals surface area contributed by atoms with E-state index in [-0.39, 0.29) is 0 Å². The summed E-state index contributed by atoms with van der Waals surface area (Å²) in [5, 5.41) is 10.2. The van der Waals surface area contributed by atoms with Crippen molar-refractivity contribution in [3.63, 3.8) is 0 Å². The van der Waals surface area contributed by atoms with Gasteiger partial charge in [-0.2, -0.15) is 13.2 Å². The van der Waals surface area contributed by atoms with Gasteiger partial charge in [-0.25, -0.2) is 4.79 Å². The number of halogens is 5. The lowest BCUT2D eigenvalue weighted by molar-refractivity contribution is -0.192. The van der Waals surface area contributed by atoms with Crippen molar-refractivity contribution in [2.75, 3.05) is 20.2 Å². The standard InChI is InChI=1S/C10H13Br2NO.C2HF3O2/c1-7-5-8(11)10(9(12)6-7)14-4-3-13-2;3-2(4,5)1(6)7/h5-6,13H,3-4H2,1-2H3;(H,6,7). The number of hydrogen-bond donors (Lipinski definition) is 2. The first-order chi connectivity index (χ1) is 9.59. The van der Waals surface area contributed by atoms with Crippen molar-refractivity contribution in [3.8, 4) is 5.75 Å². The number of carboxylic acid groups (broad SMARTS) is 1. The number of carboxylic acids is 1. The second-order valence-corrected chi connectivity index (χ2v) is 5.52. The molecule has 4 nitrogen and oxygen atoms in total. The molecule has 0 heterocycles. The van der Waals surface area contributed by atoms with Crippen LogP contribution < -0.4 is 10.1 Å². The lowest BCUT2D eigenvalue weighted by atomic mass is 10.2. The Morgan fingerprint density at radius 2 is 1.76 bits per heavy atom. The molecule has 0 saturated heterocycles. The fraction of sp³-hybridized carbons (Fsp3) is 0.417. The Kier molecular flexibility index (Phi) is 8.91. The van der Waals surface area contributed by atoms with Gasteiger partial charge in [-0.15, -0.1) is 0 Å². The second kappa shape index (κ2) is 9.26. The Morgan fingerprint density at radius 1 is 1.33 bits per heavy atom. The van der Waals surface area contributed by atoms with Crippen LogP contribution in [-0.4, -0.2) is 37.5 Å². The minimum atomic E-state index is -5.08. The zero-order valence-electron chi connectivity index (χ0n) is 11.2. The summed E-state index contributed by atoms with van der Waals surface area (Å²) >= 11 is 6.95. The SMILES string of the molecule is CNCCOc1c(Br)cc(C)cc1Br.O=C(O)C(F)(F)F. The van der Waals surface area contributed by atoms with Gasteiger partial charge in [0, 0.05) is 6.54 Å². The average molecular weight is 437 g/mol. The lowest BCUT2D eigenvalue weighted by Gasteiger charge is -2.10. The van der Waals surface area contributed by atoms with Crippen molar-refractivity contribution in [1.29, 1.82) is 0 Å². The Hall–Kier alpha value is -0.800. The number of ether oxygens (including phenoxy) is 1. The number of rotatable bonds is 4. The van der Waals surface area contributed by atoms with Gasteiger partial charge in [0.15, 0.2) is 0 Å². The van der Waals surface area contributed by atoms with Gasteiger partial charge < -0.3 is 15.2 Å². The summed E-state index contributed by atoms with van der Waals surface area (Å²) in [6.45, 7) is 3.55. The molecule has 0 atom stereocenters. The molecule has 0 aliphatic rings. The molecule has 1 aromatic carbocycles. The van der Waals surface area contributed by atoms with Gasteiger partial charge in [-0.3, -0.25) is 0 Å². The third kappa shape index (κ3) is 8.27. The van der Waals surface area contributed by atoms with E-state index in [0.29, 0.717) is 6.61 Å². The van der Waals surface area contributed by atoms with E-state index in [0.717, 1.165) is 21.2 Å². The lowest BCUT2D eigenvalue weighted by Crippen LogP contribution is -2.21. The highest BCUT2D eigenvalue weighted by Crippen LogP contribution is 2.34. The Morgan fingerprint density at radius 3 is 2.10 bits per heavy atom. The average Bonchev–Trinajstić information content (AvgIpc) is 2.32. The molecule has 1 aromatic rings. The molecule has 0 aliphatic carbocycles. The molecule has 21 heavy (non-hydrogen) atoms. The predicted molar refractivity (Wildman–Crippen MR) is 79.7 cm³/mol. The highest BCUT2D eigenvalue weighted by atomic mass is 79.9. The smallest absolute Gasteiger partial charge is 0.490 e. The molecule has 0 spiro atoms. The summed E-state index contributed by atoms with van der Waals surface area (Å²) in [5.74, 6) is -1.89. The highest BCUT2D eigenvalue weighted by Gasteiger charge is 2.38. The number of alkyl halides is 3. The second-order valence-electron chi connectivity index (χ2n) is 3.81. The van der Waals surface area contributed by atoms with E-state index >= 15 is 0 Å². The fourth-order valence-corrected chi connectivity index (χ4v) is 2.72. The van der Waals surface area contributed by atoms with Crippen molar-refractivity contribution in [1.82, 2.24) is 5.32 Å². The summed E-state index contributed by atoms with van der Waals surface area (Å²) < 4.78 is 39.3. The zero-order chi connectivity index (χ0) is 16.6. The molecule has 2 N–H and O–H groups in total. The summed E-state index contributed by atoms with van der Waals surface area (Å²) in [6.07, 6.45) is -5.08. The summed E-state index contributed by atoms with van der Waals surface area (Å²) in [7, 11) is 1.91. The molecular formula is C12H14Br2F3NO3. The van der Waals surface area contributed by atoms with Crippen molar-refractivity contribution in [2.45, 2.75) is 13.1 Å². The van der Waals surface area contributed by atoms with Crippen LogP contribution in [0.2, 0.25) is 0 Å². The largest absolute Gasteiger partial charge is 0.490 e. The van der Waals surface area contributed by atoms with E-state index in [4.69, 9.17) is 14.6 Å². The molecule has 9 heteroatoms. The number of benzene rings is 1. The molecule has 0 unspecified atom stereocenters. The monoisotopic (exact) mass is 435 g/mol. The van der Waals surface area contributed by atoms with Gasteiger partial charge in [-0.05, 0) is 63.5 Å². The van der Waals surface area contributed by atoms with Gasteiger partial charge in [0.1, 0.15) is 12.4 Å². The van der Waals surface area contributed by atoms with Gasteiger partial charge in [0.05, 0.1) is 8.95 Å². The molecule has 0 fully saturated rings. The van der Waals surface area contributed by atoms with Crippen molar-refractivity contribution < 1.29 is 27.8 Å². The number of carbonyl (C=O) groups is 1. The molecule has 0 aliphatic heterocycles. The van der Waals surface area contributed by atoms with E-state index in [1.807, 2.05) is 26.1 Å². The first-order valence-electron chi connectivity index (χ1n) is 5.62. The Balaban J connectivity index is 0.000000486. The zero-order valence-corrected chi connectivity index (χ0v) is 14.4. The van der Waals surface area contributed by atoms with Crippen LogP contribution in [0.5, 0.6) is 5.75 Å². The number of aliphatic carboxylic acids is 1. The first-order valence-corrected chi connectivity index (χ1v) is 7.21. The summed E-state index contributed by atoms with van der Waals surface area (Å²) in [6, 6.07) is 4.08. The van der Waals surface area contributed by atoms with Gasteiger partial charge in [-0.1, -0.05) is 0 Å². The molecule has 0 radical (unpaired) electrons. The number of likely N-dealkylation sites (N-methyl/N-ethyl adjacent to an activating group) is 1. The van der Waals surface area contributed by atoms with Crippen LogP contribution in [0.4, 0.5) is 13.2 Å². The fourth-order valence-electron chi connectivity index (χ4n) is 1.08. The predicted octanol–water partition coefficient (Wildman–Crippen LogP) is 3.75. The third-order valence-electron chi connectivity index (χ3n) is 1.98. The van der Waals surface area contributed by atoms with Crippen LogP contribution in [0, 0.1) is 6.92 Å². The van der Waals surface area contributed by atoms with E-state index in [9.17, 15) is 13.2 Å².